The zero-order valence-electron chi connectivity index (χ0n) is 11.3. The molecule has 1 N–H and O–H groups in total. The fraction of sp³-hybridized carbons (Fsp3) is 0.545. The van der Waals surface area contributed by atoms with E-state index in [1.165, 1.54) is 6.92 Å². The lowest BCUT2D eigenvalue weighted by molar-refractivity contribution is -0.136. The smallest absolute Gasteiger partial charge is 0.244 e. The van der Waals surface area contributed by atoms with Crippen LogP contribution in [0.25, 0.3) is 0 Å². The molecule has 1 aliphatic rings. The number of carbonyl (C=O) groups is 1. The fourth-order valence-electron chi connectivity index (χ4n) is 1.85. The molecule has 1 fully saturated rings. The Bertz CT molecular complexity index is 601. The number of hydrogen-bond acceptors (Lipinski definition) is 6. The molecule has 1 aromatic heterocycles. The molecule has 1 atom stereocenters. The Hall–Kier alpha value is -1.29. The molecule has 0 radical (unpaired) electrons. The highest BCUT2D eigenvalue weighted by Gasteiger charge is 2.27. The van der Waals surface area contributed by atoms with Gasteiger partial charge < -0.3 is 9.64 Å². The van der Waals surface area contributed by atoms with Crippen LogP contribution in [0.15, 0.2) is 17.3 Å². The first-order valence-corrected chi connectivity index (χ1v) is 8.12. The topological polar surface area (TPSA) is 101 Å². The van der Waals surface area contributed by atoms with Crippen molar-refractivity contribution >= 4 is 27.5 Å². The van der Waals surface area contributed by atoms with E-state index < -0.39 is 16.1 Å². The number of morpholine rings is 1. The monoisotopic (exact) mass is 334 g/mol. The summed E-state index contributed by atoms with van der Waals surface area (Å²) in [6, 6.07) is -0.885. The Kier molecular flexibility index (Phi) is 5.09. The highest BCUT2D eigenvalue weighted by molar-refractivity contribution is 7.89. The molecule has 8 nitrogen and oxygen atoms in total. The maximum Gasteiger partial charge on any atom is 0.244 e. The molecule has 0 aliphatic carbocycles. The van der Waals surface area contributed by atoms with Crippen molar-refractivity contribution in [1.29, 1.82) is 0 Å². The highest BCUT2D eigenvalue weighted by atomic mass is 35.5. The van der Waals surface area contributed by atoms with Gasteiger partial charge in [0, 0.05) is 13.1 Å². The Balaban J connectivity index is 2.05. The number of carbonyl (C=O) groups excluding carboxylic acids is 1. The standard InChI is InChI=1S/C11H15ClN4O4S/c1-8(10(17)16-2-4-20-5-3-16)15-21(18,19)9-6-13-11(12)14-7-9/h6-8,15H,2-5H2,1H3. The molecule has 1 aromatic rings. The van der Waals surface area contributed by atoms with Crippen LogP contribution < -0.4 is 4.72 Å². The second-order valence-corrected chi connectivity index (χ2v) is 6.52. The number of nitrogens with zero attached hydrogens (tertiary/aromatic N) is 3. The highest BCUT2D eigenvalue weighted by Crippen LogP contribution is 2.09. The molecular weight excluding hydrogens is 320 g/mol. The minimum Gasteiger partial charge on any atom is -0.378 e. The van der Waals surface area contributed by atoms with Crippen LogP contribution in [-0.4, -0.2) is 61.5 Å². The van der Waals surface area contributed by atoms with Gasteiger partial charge in [0.25, 0.3) is 0 Å². The normalized spacial score (nSPS) is 17.5. The van der Waals surface area contributed by atoms with E-state index >= 15 is 0 Å². The summed E-state index contributed by atoms with van der Waals surface area (Å²) >= 11 is 5.51. The van der Waals surface area contributed by atoms with Gasteiger partial charge in [-0.25, -0.2) is 18.4 Å². The lowest BCUT2D eigenvalue weighted by Gasteiger charge is -2.29. The minimum atomic E-state index is -3.87. The summed E-state index contributed by atoms with van der Waals surface area (Å²) in [5, 5.41) is -0.0496. The third-order valence-corrected chi connectivity index (χ3v) is 4.62. The molecule has 10 heteroatoms. The number of rotatable bonds is 4. The van der Waals surface area contributed by atoms with Crippen LogP contribution in [0.1, 0.15) is 6.92 Å². The van der Waals surface area contributed by atoms with E-state index in [0.29, 0.717) is 26.3 Å². The molecule has 1 amide bonds. The van der Waals surface area contributed by atoms with Crippen molar-refractivity contribution in [3.8, 4) is 0 Å². The first kappa shape index (κ1) is 16.1. The van der Waals surface area contributed by atoms with Gasteiger partial charge in [-0.2, -0.15) is 4.72 Å². The van der Waals surface area contributed by atoms with E-state index in [1.807, 2.05) is 0 Å². The van der Waals surface area contributed by atoms with Crippen molar-refractivity contribution in [2.75, 3.05) is 26.3 Å². The average Bonchev–Trinajstić information content (AvgIpc) is 2.47. The quantitative estimate of drug-likeness (QED) is 0.756. The molecule has 1 aliphatic heterocycles. The van der Waals surface area contributed by atoms with Gasteiger partial charge >= 0.3 is 0 Å². The zero-order valence-corrected chi connectivity index (χ0v) is 12.9. The molecule has 116 valence electrons. The summed E-state index contributed by atoms with van der Waals surface area (Å²) in [7, 11) is -3.87. The Morgan fingerprint density at radius 1 is 1.38 bits per heavy atom. The van der Waals surface area contributed by atoms with Crippen molar-refractivity contribution in [2.45, 2.75) is 17.9 Å². The summed E-state index contributed by atoms with van der Waals surface area (Å²) < 4.78 is 31.7. The van der Waals surface area contributed by atoms with Crippen LogP contribution in [0.2, 0.25) is 5.28 Å². The van der Waals surface area contributed by atoms with E-state index in [9.17, 15) is 13.2 Å². The van der Waals surface area contributed by atoms with Crippen molar-refractivity contribution in [1.82, 2.24) is 19.6 Å². The number of amides is 1. The molecule has 21 heavy (non-hydrogen) atoms. The molecule has 0 saturated carbocycles. The fourth-order valence-corrected chi connectivity index (χ4v) is 3.03. The number of halogens is 1. The number of ether oxygens (including phenoxy) is 1. The van der Waals surface area contributed by atoms with Gasteiger partial charge in [-0.05, 0) is 18.5 Å². The maximum absolute atomic E-state index is 12.2. The molecule has 2 heterocycles. The lowest BCUT2D eigenvalue weighted by atomic mass is 10.3. The van der Waals surface area contributed by atoms with Gasteiger partial charge in [0.1, 0.15) is 4.90 Å². The summed E-state index contributed by atoms with van der Waals surface area (Å²) in [5.74, 6) is -0.295. The third kappa shape index (κ3) is 4.10. The predicted octanol–water partition coefficient (Wildman–Crippen LogP) is -0.344. The minimum absolute atomic E-state index is 0.0496. The van der Waals surface area contributed by atoms with Crippen LogP contribution in [0.4, 0.5) is 0 Å². The average molecular weight is 335 g/mol. The SMILES string of the molecule is CC(NS(=O)(=O)c1cnc(Cl)nc1)C(=O)N1CCOCC1. The van der Waals surface area contributed by atoms with E-state index in [1.54, 1.807) is 4.90 Å². The van der Waals surface area contributed by atoms with Gasteiger partial charge in [0.05, 0.1) is 31.6 Å². The Morgan fingerprint density at radius 2 is 1.95 bits per heavy atom. The molecule has 0 spiro atoms. The number of aromatic nitrogens is 2. The van der Waals surface area contributed by atoms with Gasteiger partial charge in [0.2, 0.25) is 21.2 Å². The number of nitrogens with one attached hydrogen (secondary N) is 1. The summed E-state index contributed by atoms with van der Waals surface area (Å²) in [4.78, 5) is 20.8. The van der Waals surface area contributed by atoms with Crippen LogP contribution in [0.5, 0.6) is 0 Å². The molecule has 2 rings (SSSR count). The second kappa shape index (κ2) is 6.65. The third-order valence-electron chi connectivity index (χ3n) is 2.93. The lowest BCUT2D eigenvalue weighted by Crippen LogP contribution is -2.50. The Labute approximate surface area is 127 Å². The van der Waals surface area contributed by atoms with E-state index in [4.69, 9.17) is 16.3 Å². The first-order valence-electron chi connectivity index (χ1n) is 6.26. The molecule has 0 aromatic carbocycles. The van der Waals surface area contributed by atoms with Gasteiger partial charge in [-0.15, -0.1) is 0 Å². The van der Waals surface area contributed by atoms with E-state index in [0.717, 1.165) is 12.4 Å². The Morgan fingerprint density at radius 3 is 2.52 bits per heavy atom. The maximum atomic E-state index is 12.2. The van der Waals surface area contributed by atoms with Gasteiger partial charge in [-0.3, -0.25) is 4.79 Å². The van der Waals surface area contributed by atoms with E-state index in [-0.39, 0.29) is 16.1 Å². The van der Waals surface area contributed by atoms with Crippen molar-refractivity contribution in [3.63, 3.8) is 0 Å². The second-order valence-electron chi connectivity index (χ2n) is 4.47. The summed E-state index contributed by atoms with van der Waals surface area (Å²) in [6.07, 6.45) is 2.17. The predicted molar refractivity (Wildman–Crippen MR) is 74.2 cm³/mol. The van der Waals surface area contributed by atoms with Gasteiger partial charge in [0.15, 0.2) is 0 Å². The number of sulfonamides is 1. The molecule has 1 saturated heterocycles. The van der Waals surface area contributed by atoms with Crippen LogP contribution in [-0.2, 0) is 19.6 Å². The molecule has 1 unspecified atom stereocenters. The number of hydrogen-bond donors (Lipinski definition) is 1. The molecular formula is C11H15ClN4O4S. The van der Waals surface area contributed by atoms with Crippen LogP contribution in [0, 0.1) is 0 Å². The van der Waals surface area contributed by atoms with Crippen molar-refractivity contribution < 1.29 is 17.9 Å². The van der Waals surface area contributed by atoms with Gasteiger partial charge in [-0.1, -0.05) is 0 Å². The van der Waals surface area contributed by atoms with Crippen LogP contribution in [0.3, 0.4) is 0 Å². The largest absolute Gasteiger partial charge is 0.378 e. The van der Waals surface area contributed by atoms with Crippen LogP contribution >= 0.6 is 11.6 Å². The van der Waals surface area contributed by atoms with Crippen molar-refractivity contribution in [2.24, 2.45) is 0 Å². The summed E-state index contributed by atoms with van der Waals surface area (Å²) in [6.45, 7) is 3.31. The van der Waals surface area contributed by atoms with Crippen molar-refractivity contribution in [3.05, 3.63) is 17.7 Å². The first-order chi connectivity index (χ1) is 9.90. The molecule has 0 bridgehead atoms. The summed E-state index contributed by atoms with van der Waals surface area (Å²) in [5.41, 5.74) is 0. The zero-order chi connectivity index (χ0) is 15.5. The van der Waals surface area contributed by atoms with E-state index in [2.05, 4.69) is 14.7 Å².